The van der Waals surface area contributed by atoms with Crippen molar-refractivity contribution >= 4 is 11.7 Å². The molecule has 0 fully saturated rings. The summed E-state index contributed by atoms with van der Waals surface area (Å²) in [4.78, 5) is 18.0. The molecule has 0 bridgehead atoms. The Labute approximate surface area is 108 Å². The molecule has 1 unspecified atom stereocenters. The average molecular weight is 251 g/mol. The van der Waals surface area contributed by atoms with Crippen molar-refractivity contribution in [2.75, 3.05) is 25.5 Å². The van der Waals surface area contributed by atoms with Crippen molar-refractivity contribution in [3.05, 3.63) is 23.9 Å². The third kappa shape index (κ3) is 3.43. The minimum atomic E-state index is -0.211. The van der Waals surface area contributed by atoms with E-state index in [-0.39, 0.29) is 18.6 Å². The molecule has 0 aliphatic heterocycles. The van der Waals surface area contributed by atoms with Crippen molar-refractivity contribution in [3.8, 4) is 0 Å². The molecule has 0 aliphatic carbocycles. The first kappa shape index (κ1) is 14.4. The fourth-order valence-corrected chi connectivity index (χ4v) is 1.47. The number of aliphatic hydroxyl groups excluding tert-OH is 1. The molecule has 1 rings (SSSR count). The van der Waals surface area contributed by atoms with Gasteiger partial charge in [0.2, 0.25) is 0 Å². The minimum Gasteiger partial charge on any atom is -0.394 e. The summed E-state index contributed by atoms with van der Waals surface area (Å²) in [5.41, 5.74) is 0.536. The van der Waals surface area contributed by atoms with Gasteiger partial charge in [-0.25, -0.2) is 4.98 Å². The number of rotatable bonds is 6. The minimum absolute atomic E-state index is 0.0553. The first-order valence-electron chi connectivity index (χ1n) is 6.18. The summed E-state index contributed by atoms with van der Waals surface area (Å²) in [5.74, 6) is 0.463. The van der Waals surface area contributed by atoms with Crippen molar-refractivity contribution in [1.29, 1.82) is 0 Å². The van der Waals surface area contributed by atoms with Crippen molar-refractivity contribution in [3.63, 3.8) is 0 Å². The smallest absolute Gasteiger partial charge is 0.257 e. The van der Waals surface area contributed by atoms with Crippen LogP contribution in [0.25, 0.3) is 0 Å². The number of carbonyl (C=O) groups excluding carboxylic acids is 1. The van der Waals surface area contributed by atoms with Gasteiger partial charge in [-0.2, -0.15) is 0 Å². The number of anilines is 1. The van der Waals surface area contributed by atoms with Gasteiger partial charge in [-0.05, 0) is 25.5 Å². The molecule has 2 N–H and O–H groups in total. The van der Waals surface area contributed by atoms with E-state index in [2.05, 4.69) is 17.2 Å². The van der Waals surface area contributed by atoms with E-state index in [4.69, 9.17) is 5.11 Å². The first-order chi connectivity index (χ1) is 8.61. The zero-order valence-corrected chi connectivity index (χ0v) is 11.2. The van der Waals surface area contributed by atoms with E-state index in [9.17, 15) is 4.79 Å². The van der Waals surface area contributed by atoms with Crippen LogP contribution in [0.5, 0.6) is 0 Å². The van der Waals surface area contributed by atoms with Crippen LogP contribution >= 0.6 is 0 Å². The van der Waals surface area contributed by atoms with Crippen LogP contribution in [-0.4, -0.2) is 47.1 Å². The Bertz CT molecular complexity index is 396. The van der Waals surface area contributed by atoms with E-state index in [1.54, 1.807) is 32.3 Å². The Morgan fingerprint density at radius 1 is 1.61 bits per heavy atom. The second-order valence-electron chi connectivity index (χ2n) is 4.27. The number of amides is 1. The highest BCUT2D eigenvalue weighted by molar-refractivity contribution is 5.98. The Kier molecular flexibility index (Phi) is 5.58. The number of carbonyl (C=O) groups is 1. The molecule has 1 atom stereocenters. The molecule has 0 saturated carbocycles. The molecule has 0 aromatic carbocycles. The summed E-state index contributed by atoms with van der Waals surface area (Å²) < 4.78 is 0. The number of hydrogen-bond acceptors (Lipinski definition) is 4. The van der Waals surface area contributed by atoms with Crippen molar-refractivity contribution in [2.24, 2.45) is 0 Å². The number of nitrogens with one attached hydrogen (secondary N) is 1. The lowest BCUT2D eigenvalue weighted by atomic mass is 10.2. The Hall–Kier alpha value is -1.62. The number of nitrogens with zero attached hydrogens (tertiary/aromatic N) is 2. The third-order valence-corrected chi connectivity index (χ3v) is 2.83. The summed E-state index contributed by atoms with van der Waals surface area (Å²) in [5, 5.41) is 12.2. The van der Waals surface area contributed by atoms with Gasteiger partial charge in [0.1, 0.15) is 5.82 Å². The molecule has 0 saturated heterocycles. The number of likely N-dealkylation sites (N-methyl/N-ethyl adjacent to an activating group) is 1. The van der Waals surface area contributed by atoms with E-state index >= 15 is 0 Å². The fraction of sp³-hybridized carbons (Fsp3) is 0.538. The second kappa shape index (κ2) is 6.96. The number of pyridine rings is 1. The van der Waals surface area contributed by atoms with E-state index in [0.29, 0.717) is 11.4 Å². The Morgan fingerprint density at radius 3 is 2.94 bits per heavy atom. The van der Waals surface area contributed by atoms with Crippen LogP contribution in [0.15, 0.2) is 18.3 Å². The highest BCUT2D eigenvalue weighted by atomic mass is 16.3. The molecule has 1 aromatic heterocycles. The van der Waals surface area contributed by atoms with Gasteiger partial charge in [0.15, 0.2) is 0 Å². The molecule has 1 amide bonds. The highest BCUT2D eigenvalue weighted by Crippen LogP contribution is 2.14. The lowest BCUT2D eigenvalue weighted by Crippen LogP contribution is -2.37. The van der Waals surface area contributed by atoms with Crippen LogP contribution in [0.2, 0.25) is 0 Å². The average Bonchev–Trinajstić information content (AvgIpc) is 2.42. The molecule has 0 aliphatic rings. The normalized spacial score (nSPS) is 12.0. The SMILES string of the molecule is CCCNc1ncccc1C(=O)N(C)C(C)CO. The maximum absolute atomic E-state index is 12.3. The zero-order valence-electron chi connectivity index (χ0n) is 11.2. The number of hydrogen-bond donors (Lipinski definition) is 2. The quantitative estimate of drug-likeness (QED) is 0.801. The predicted octanol–water partition coefficient (Wildman–Crippen LogP) is 1.36. The lowest BCUT2D eigenvalue weighted by molar-refractivity contribution is 0.0683. The summed E-state index contributed by atoms with van der Waals surface area (Å²) in [6.45, 7) is 4.57. The second-order valence-corrected chi connectivity index (χ2v) is 4.27. The van der Waals surface area contributed by atoms with E-state index in [1.165, 1.54) is 4.90 Å². The predicted molar refractivity (Wildman–Crippen MR) is 71.7 cm³/mol. The van der Waals surface area contributed by atoms with Gasteiger partial charge < -0.3 is 15.3 Å². The maximum Gasteiger partial charge on any atom is 0.257 e. The van der Waals surface area contributed by atoms with Crippen LogP contribution in [-0.2, 0) is 0 Å². The molecule has 5 heteroatoms. The topological polar surface area (TPSA) is 65.5 Å². The van der Waals surface area contributed by atoms with E-state index < -0.39 is 0 Å². The monoisotopic (exact) mass is 251 g/mol. The number of aromatic nitrogens is 1. The standard InChI is InChI=1S/C13H21N3O2/c1-4-7-14-12-11(6-5-8-15-12)13(18)16(3)10(2)9-17/h5-6,8,10,17H,4,7,9H2,1-3H3,(H,14,15). The summed E-state index contributed by atoms with van der Waals surface area (Å²) in [6, 6.07) is 3.27. The Balaban J connectivity index is 2.90. The molecule has 1 aromatic rings. The zero-order chi connectivity index (χ0) is 13.5. The molecular formula is C13H21N3O2. The van der Waals surface area contributed by atoms with Crippen LogP contribution in [0.3, 0.4) is 0 Å². The summed E-state index contributed by atoms with van der Waals surface area (Å²) in [7, 11) is 1.68. The van der Waals surface area contributed by atoms with Gasteiger partial charge in [-0.3, -0.25) is 4.79 Å². The van der Waals surface area contributed by atoms with Gasteiger partial charge in [0, 0.05) is 19.8 Å². The molecular weight excluding hydrogens is 230 g/mol. The van der Waals surface area contributed by atoms with Gasteiger partial charge in [0.25, 0.3) is 5.91 Å². The first-order valence-corrected chi connectivity index (χ1v) is 6.18. The van der Waals surface area contributed by atoms with Crippen LogP contribution < -0.4 is 5.32 Å². The van der Waals surface area contributed by atoms with Crippen LogP contribution in [0.4, 0.5) is 5.82 Å². The Morgan fingerprint density at radius 2 is 2.33 bits per heavy atom. The molecule has 0 radical (unpaired) electrons. The molecule has 5 nitrogen and oxygen atoms in total. The molecule has 100 valence electrons. The number of aliphatic hydroxyl groups is 1. The maximum atomic E-state index is 12.3. The van der Waals surface area contributed by atoms with Gasteiger partial charge in [0.05, 0.1) is 18.2 Å². The highest BCUT2D eigenvalue weighted by Gasteiger charge is 2.19. The van der Waals surface area contributed by atoms with E-state index in [1.807, 2.05) is 0 Å². The van der Waals surface area contributed by atoms with Gasteiger partial charge in [-0.15, -0.1) is 0 Å². The lowest BCUT2D eigenvalue weighted by Gasteiger charge is -2.24. The molecule has 18 heavy (non-hydrogen) atoms. The molecule has 0 spiro atoms. The van der Waals surface area contributed by atoms with Crippen LogP contribution in [0.1, 0.15) is 30.6 Å². The van der Waals surface area contributed by atoms with E-state index in [0.717, 1.165) is 13.0 Å². The third-order valence-electron chi connectivity index (χ3n) is 2.83. The van der Waals surface area contributed by atoms with Crippen LogP contribution in [0, 0.1) is 0 Å². The van der Waals surface area contributed by atoms with Gasteiger partial charge in [-0.1, -0.05) is 6.92 Å². The summed E-state index contributed by atoms with van der Waals surface area (Å²) in [6.07, 6.45) is 2.62. The van der Waals surface area contributed by atoms with Crippen molar-refractivity contribution < 1.29 is 9.90 Å². The van der Waals surface area contributed by atoms with Crippen molar-refractivity contribution in [1.82, 2.24) is 9.88 Å². The largest absolute Gasteiger partial charge is 0.394 e. The van der Waals surface area contributed by atoms with Gasteiger partial charge >= 0.3 is 0 Å². The van der Waals surface area contributed by atoms with Crippen molar-refractivity contribution in [2.45, 2.75) is 26.3 Å². The fourth-order valence-electron chi connectivity index (χ4n) is 1.47. The summed E-state index contributed by atoms with van der Waals surface area (Å²) >= 11 is 0. The molecule has 1 heterocycles.